The lowest BCUT2D eigenvalue weighted by atomic mass is 10.1. The van der Waals surface area contributed by atoms with E-state index in [9.17, 15) is 10.1 Å². The average Bonchev–Trinajstić information content (AvgIpc) is 2.46. The summed E-state index contributed by atoms with van der Waals surface area (Å²) in [5, 5.41) is 18.2. The van der Waals surface area contributed by atoms with E-state index in [1.807, 2.05) is 0 Å². The molecule has 0 saturated carbocycles. The molecule has 0 amide bonds. The van der Waals surface area contributed by atoms with Crippen molar-refractivity contribution in [2.45, 2.75) is 19.9 Å². The van der Waals surface area contributed by atoms with E-state index in [1.54, 1.807) is 12.1 Å². The van der Waals surface area contributed by atoms with Crippen LogP contribution in [0.15, 0.2) is 18.2 Å². The second-order valence-corrected chi connectivity index (χ2v) is 5.07. The second kappa shape index (κ2) is 5.93. The summed E-state index contributed by atoms with van der Waals surface area (Å²) >= 11 is 0. The van der Waals surface area contributed by atoms with Gasteiger partial charge in [0.1, 0.15) is 6.07 Å². The fourth-order valence-electron chi connectivity index (χ4n) is 2.72. The quantitative estimate of drug-likeness (QED) is 0.909. The van der Waals surface area contributed by atoms with Gasteiger partial charge in [-0.25, -0.2) is 4.79 Å². The number of hydrogen-bond acceptors (Lipinski definition) is 4. The van der Waals surface area contributed by atoms with Crippen molar-refractivity contribution in [1.29, 1.82) is 5.26 Å². The van der Waals surface area contributed by atoms with Gasteiger partial charge in [0.25, 0.3) is 0 Å². The van der Waals surface area contributed by atoms with Crippen LogP contribution in [0.2, 0.25) is 0 Å². The predicted molar refractivity (Wildman–Crippen MR) is 77.0 cm³/mol. The van der Waals surface area contributed by atoms with Crippen LogP contribution < -0.4 is 4.90 Å². The van der Waals surface area contributed by atoms with Crippen LogP contribution >= 0.6 is 0 Å². The first-order valence-corrected chi connectivity index (χ1v) is 6.83. The third kappa shape index (κ3) is 2.75. The molecule has 20 heavy (non-hydrogen) atoms. The second-order valence-electron chi connectivity index (χ2n) is 5.07. The normalized spacial score (nSPS) is 19.6. The monoisotopic (exact) mass is 273 g/mol. The zero-order valence-electron chi connectivity index (χ0n) is 11.8. The van der Waals surface area contributed by atoms with Gasteiger partial charge in [0.15, 0.2) is 0 Å². The molecule has 106 valence electrons. The Kier molecular flexibility index (Phi) is 4.26. The first-order chi connectivity index (χ1) is 9.56. The molecule has 1 aliphatic heterocycles. The number of carboxylic acid groups (broad SMARTS) is 1. The molecule has 1 unspecified atom stereocenters. The zero-order valence-corrected chi connectivity index (χ0v) is 11.8. The number of nitrogens with zero attached hydrogens (tertiary/aromatic N) is 3. The highest BCUT2D eigenvalue weighted by molar-refractivity contribution is 5.89. The van der Waals surface area contributed by atoms with E-state index in [0.29, 0.717) is 11.6 Å². The molecular formula is C15H19N3O2. The summed E-state index contributed by atoms with van der Waals surface area (Å²) in [7, 11) is 0. The van der Waals surface area contributed by atoms with E-state index >= 15 is 0 Å². The minimum absolute atomic E-state index is 0.158. The lowest BCUT2D eigenvalue weighted by Crippen LogP contribution is -2.51. The molecule has 2 rings (SSSR count). The van der Waals surface area contributed by atoms with Gasteiger partial charge in [0.05, 0.1) is 16.8 Å². The Morgan fingerprint density at radius 1 is 1.50 bits per heavy atom. The van der Waals surface area contributed by atoms with Crippen LogP contribution in [-0.2, 0) is 0 Å². The number of nitriles is 1. The molecule has 5 heteroatoms. The van der Waals surface area contributed by atoms with Gasteiger partial charge in [-0.2, -0.15) is 5.26 Å². The molecule has 5 nitrogen and oxygen atoms in total. The maximum Gasteiger partial charge on any atom is 0.335 e. The van der Waals surface area contributed by atoms with Crippen molar-refractivity contribution < 1.29 is 9.90 Å². The summed E-state index contributed by atoms with van der Waals surface area (Å²) in [5.74, 6) is -1.00. The fraction of sp³-hybridized carbons (Fsp3) is 0.467. The van der Waals surface area contributed by atoms with Gasteiger partial charge in [0, 0.05) is 25.7 Å². The van der Waals surface area contributed by atoms with Crippen LogP contribution in [0.1, 0.15) is 29.8 Å². The highest BCUT2D eigenvalue weighted by Crippen LogP contribution is 2.24. The Hall–Kier alpha value is -2.06. The standard InChI is InChI=1S/C15H19N3O2/c1-3-17-6-7-18(10-11(17)2)14-5-4-12(15(19)20)8-13(14)9-16/h4-5,8,11H,3,6-7,10H2,1-2H3,(H,19,20). The van der Waals surface area contributed by atoms with E-state index in [0.717, 1.165) is 31.9 Å². The Morgan fingerprint density at radius 2 is 2.25 bits per heavy atom. The highest BCUT2D eigenvalue weighted by Gasteiger charge is 2.24. The largest absolute Gasteiger partial charge is 0.478 e. The number of hydrogen-bond donors (Lipinski definition) is 1. The minimum atomic E-state index is -1.00. The van der Waals surface area contributed by atoms with Crippen molar-refractivity contribution >= 4 is 11.7 Å². The van der Waals surface area contributed by atoms with Crippen LogP contribution in [0.4, 0.5) is 5.69 Å². The smallest absolute Gasteiger partial charge is 0.335 e. The maximum atomic E-state index is 11.0. The number of aromatic carboxylic acids is 1. The van der Waals surface area contributed by atoms with Crippen molar-refractivity contribution in [1.82, 2.24) is 4.90 Å². The third-order valence-corrected chi connectivity index (χ3v) is 3.88. The molecule has 1 aromatic rings. The molecular weight excluding hydrogens is 254 g/mol. The number of anilines is 1. The summed E-state index contributed by atoms with van der Waals surface area (Å²) < 4.78 is 0. The maximum absolute atomic E-state index is 11.0. The topological polar surface area (TPSA) is 67.6 Å². The number of carbonyl (C=O) groups is 1. The molecule has 1 atom stereocenters. The first kappa shape index (κ1) is 14.4. The zero-order chi connectivity index (χ0) is 14.7. The molecule has 1 saturated heterocycles. The Bertz CT molecular complexity index is 551. The van der Waals surface area contributed by atoms with E-state index in [1.165, 1.54) is 6.07 Å². The molecule has 1 aliphatic rings. The number of likely N-dealkylation sites (N-methyl/N-ethyl adjacent to an activating group) is 1. The van der Waals surface area contributed by atoms with E-state index < -0.39 is 5.97 Å². The first-order valence-electron chi connectivity index (χ1n) is 6.83. The van der Waals surface area contributed by atoms with E-state index in [2.05, 4.69) is 29.7 Å². The predicted octanol–water partition coefficient (Wildman–Crippen LogP) is 1.79. The lowest BCUT2D eigenvalue weighted by molar-refractivity contribution is 0.0697. The number of piperazine rings is 1. The number of rotatable bonds is 3. The van der Waals surface area contributed by atoms with Gasteiger partial charge in [-0.15, -0.1) is 0 Å². The van der Waals surface area contributed by atoms with Crippen LogP contribution in [0.25, 0.3) is 0 Å². The molecule has 0 aliphatic carbocycles. The van der Waals surface area contributed by atoms with Crippen LogP contribution in [0.3, 0.4) is 0 Å². The van der Waals surface area contributed by atoms with Crippen molar-refractivity contribution in [3.63, 3.8) is 0 Å². The molecule has 1 heterocycles. The summed E-state index contributed by atoms with van der Waals surface area (Å²) in [6.45, 7) is 8.03. The fourth-order valence-corrected chi connectivity index (χ4v) is 2.72. The summed E-state index contributed by atoms with van der Waals surface area (Å²) in [5.41, 5.74) is 1.42. The van der Waals surface area contributed by atoms with Crippen molar-refractivity contribution in [3.8, 4) is 6.07 Å². The lowest BCUT2D eigenvalue weighted by Gasteiger charge is -2.40. The summed E-state index contributed by atoms with van der Waals surface area (Å²) in [6.07, 6.45) is 0. The molecule has 0 aromatic heterocycles. The minimum Gasteiger partial charge on any atom is -0.478 e. The SMILES string of the molecule is CCN1CCN(c2ccc(C(=O)O)cc2C#N)CC1C. The van der Waals surface area contributed by atoms with Crippen LogP contribution in [0.5, 0.6) is 0 Å². The molecule has 0 bridgehead atoms. The van der Waals surface area contributed by atoms with Gasteiger partial charge in [-0.05, 0) is 31.7 Å². The Labute approximate surface area is 119 Å². The molecule has 0 spiro atoms. The number of benzene rings is 1. The third-order valence-electron chi connectivity index (χ3n) is 3.88. The number of carboxylic acids is 1. The molecule has 1 N–H and O–H groups in total. The summed E-state index contributed by atoms with van der Waals surface area (Å²) in [6, 6.07) is 7.30. The van der Waals surface area contributed by atoms with Crippen molar-refractivity contribution in [2.75, 3.05) is 31.1 Å². The van der Waals surface area contributed by atoms with Gasteiger partial charge < -0.3 is 10.0 Å². The molecule has 1 fully saturated rings. The average molecular weight is 273 g/mol. The summed E-state index contributed by atoms with van der Waals surface area (Å²) in [4.78, 5) is 15.5. The van der Waals surface area contributed by atoms with Gasteiger partial charge in [0.2, 0.25) is 0 Å². The van der Waals surface area contributed by atoms with Gasteiger partial charge in [-0.1, -0.05) is 6.92 Å². The van der Waals surface area contributed by atoms with Crippen molar-refractivity contribution in [2.24, 2.45) is 0 Å². The van der Waals surface area contributed by atoms with Crippen LogP contribution in [-0.4, -0.2) is 48.2 Å². The molecule has 0 radical (unpaired) electrons. The van der Waals surface area contributed by atoms with Crippen molar-refractivity contribution in [3.05, 3.63) is 29.3 Å². The Balaban J connectivity index is 2.25. The van der Waals surface area contributed by atoms with Gasteiger partial charge in [-0.3, -0.25) is 4.90 Å². The molecule has 1 aromatic carbocycles. The van der Waals surface area contributed by atoms with E-state index in [4.69, 9.17) is 5.11 Å². The van der Waals surface area contributed by atoms with Gasteiger partial charge >= 0.3 is 5.97 Å². The Morgan fingerprint density at radius 3 is 2.80 bits per heavy atom. The highest BCUT2D eigenvalue weighted by atomic mass is 16.4. The van der Waals surface area contributed by atoms with E-state index in [-0.39, 0.29) is 5.56 Å². The van der Waals surface area contributed by atoms with Crippen LogP contribution in [0, 0.1) is 11.3 Å².